The molecule has 1 aromatic heterocycles. The molecule has 0 aliphatic carbocycles. The summed E-state index contributed by atoms with van der Waals surface area (Å²) < 4.78 is 39.1. The van der Waals surface area contributed by atoms with E-state index in [9.17, 15) is 13.2 Å². The molecule has 2 rings (SSSR count). The van der Waals surface area contributed by atoms with E-state index in [1.165, 1.54) is 12.1 Å². The number of alkyl halides is 2. The van der Waals surface area contributed by atoms with Crippen molar-refractivity contribution in [2.45, 2.75) is 24.8 Å². The Morgan fingerprint density at radius 3 is 2.80 bits per heavy atom. The van der Waals surface area contributed by atoms with Crippen LogP contribution in [-0.4, -0.2) is 23.9 Å². The summed E-state index contributed by atoms with van der Waals surface area (Å²) in [5.74, 6) is -0.484. The fourth-order valence-corrected chi connectivity index (χ4v) is 1.70. The van der Waals surface area contributed by atoms with Gasteiger partial charge >= 0.3 is 0 Å². The molecule has 1 N–H and O–H groups in total. The van der Waals surface area contributed by atoms with Gasteiger partial charge < -0.3 is 5.32 Å². The lowest BCUT2D eigenvalue weighted by Crippen LogP contribution is -2.42. The number of nitrogens with one attached hydrogen (secondary N) is 1. The van der Waals surface area contributed by atoms with Crippen LogP contribution in [0.5, 0.6) is 0 Å². The Bertz CT molecular complexity index is 328. The molecule has 0 spiro atoms. The van der Waals surface area contributed by atoms with Crippen molar-refractivity contribution in [3.63, 3.8) is 0 Å². The molecule has 2 nitrogen and oxygen atoms in total. The van der Waals surface area contributed by atoms with Crippen LogP contribution in [0.4, 0.5) is 13.2 Å². The SMILES string of the molecule is Fc1ccc(C2NCCC(F)C2F)nc1. The third kappa shape index (κ3) is 2.12. The predicted octanol–water partition coefficient (Wildman–Crippen LogP) is 1.93. The van der Waals surface area contributed by atoms with Crippen LogP contribution in [0, 0.1) is 5.82 Å². The van der Waals surface area contributed by atoms with Crippen molar-refractivity contribution in [3.8, 4) is 0 Å². The summed E-state index contributed by atoms with van der Waals surface area (Å²) in [5, 5.41) is 2.84. The Labute approximate surface area is 85.5 Å². The minimum Gasteiger partial charge on any atom is -0.306 e. The Kier molecular flexibility index (Phi) is 2.90. The Hall–Kier alpha value is -1.10. The lowest BCUT2D eigenvalue weighted by molar-refractivity contribution is 0.0896. The summed E-state index contributed by atoms with van der Waals surface area (Å²) in [7, 11) is 0. The van der Waals surface area contributed by atoms with Crippen LogP contribution in [-0.2, 0) is 0 Å². The average molecular weight is 216 g/mol. The molecule has 0 amide bonds. The van der Waals surface area contributed by atoms with Gasteiger partial charge in [0.25, 0.3) is 0 Å². The van der Waals surface area contributed by atoms with Gasteiger partial charge in [-0.05, 0) is 25.1 Å². The van der Waals surface area contributed by atoms with E-state index in [1.807, 2.05) is 0 Å². The van der Waals surface area contributed by atoms with Crippen LogP contribution in [0.2, 0.25) is 0 Å². The van der Waals surface area contributed by atoms with Crippen molar-refractivity contribution in [1.29, 1.82) is 0 Å². The highest BCUT2D eigenvalue weighted by molar-refractivity contribution is 5.13. The maximum absolute atomic E-state index is 13.5. The second-order valence-electron chi connectivity index (χ2n) is 3.58. The minimum atomic E-state index is -1.61. The standard InChI is InChI=1S/C10H11F3N2/c11-6-1-2-8(15-5-6)10-9(13)7(12)3-4-14-10/h1-2,5,7,9-10,14H,3-4H2. The highest BCUT2D eigenvalue weighted by atomic mass is 19.2. The largest absolute Gasteiger partial charge is 0.306 e. The van der Waals surface area contributed by atoms with Gasteiger partial charge in [0, 0.05) is 0 Å². The number of aromatic nitrogens is 1. The van der Waals surface area contributed by atoms with E-state index >= 15 is 0 Å². The molecule has 2 heterocycles. The summed E-state index contributed by atoms with van der Waals surface area (Å²) in [6.07, 6.45) is -1.91. The van der Waals surface area contributed by atoms with Crippen LogP contribution < -0.4 is 5.32 Å². The summed E-state index contributed by atoms with van der Waals surface area (Å²) in [5.41, 5.74) is 0.339. The van der Waals surface area contributed by atoms with E-state index in [4.69, 9.17) is 0 Å². The molecular weight excluding hydrogens is 205 g/mol. The fraction of sp³-hybridized carbons (Fsp3) is 0.500. The van der Waals surface area contributed by atoms with Crippen molar-refractivity contribution in [2.24, 2.45) is 0 Å². The van der Waals surface area contributed by atoms with Gasteiger partial charge in [0.05, 0.1) is 17.9 Å². The predicted molar refractivity (Wildman–Crippen MR) is 49.3 cm³/mol. The topological polar surface area (TPSA) is 24.9 Å². The summed E-state index contributed by atoms with van der Waals surface area (Å²) >= 11 is 0. The van der Waals surface area contributed by atoms with E-state index in [1.54, 1.807) is 0 Å². The number of pyridine rings is 1. The first-order valence-corrected chi connectivity index (χ1v) is 4.81. The fourth-order valence-electron chi connectivity index (χ4n) is 1.70. The zero-order valence-corrected chi connectivity index (χ0v) is 7.96. The maximum Gasteiger partial charge on any atom is 0.152 e. The Balaban J connectivity index is 2.18. The molecule has 0 aromatic carbocycles. The minimum absolute atomic E-state index is 0.166. The van der Waals surface area contributed by atoms with Crippen molar-refractivity contribution in [3.05, 3.63) is 29.8 Å². The van der Waals surface area contributed by atoms with Gasteiger partial charge in [0.2, 0.25) is 0 Å². The lowest BCUT2D eigenvalue weighted by Gasteiger charge is -2.29. The lowest BCUT2D eigenvalue weighted by atomic mass is 9.98. The molecule has 0 bridgehead atoms. The Morgan fingerprint density at radius 1 is 1.33 bits per heavy atom. The number of hydrogen-bond acceptors (Lipinski definition) is 2. The number of piperidine rings is 1. The van der Waals surface area contributed by atoms with Gasteiger partial charge in [-0.25, -0.2) is 13.2 Å². The molecular formula is C10H11F3N2. The molecule has 15 heavy (non-hydrogen) atoms. The smallest absolute Gasteiger partial charge is 0.152 e. The molecule has 1 aliphatic heterocycles. The summed E-state index contributed by atoms with van der Waals surface area (Å²) in [6.45, 7) is 0.408. The maximum atomic E-state index is 13.5. The van der Waals surface area contributed by atoms with Crippen molar-refractivity contribution >= 4 is 0 Å². The van der Waals surface area contributed by atoms with Crippen molar-refractivity contribution < 1.29 is 13.2 Å². The first-order valence-electron chi connectivity index (χ1n) is 4.81. The number of rotatable bonds is 1. The molecule has 0 radical (unpaired) electrons. The van der Waals surface area contributed by atoms with E-state index in [0.29, 0.717) is 12.2 Å². The van der Waals surface area contributed by atoms with Gasteiger partial charge in [-0.1, -0.05) is 0 Å². The molecule has 1 fully saturated rings. The first-order chi connectivity index (χ1) is 7.18. The van der Waals surface area contributed by atoms with Gasteiger partial charge in [-0.3, -0.25) is 4.98 Å². The zero-order chi connectivity index (χ0) is 10.8. The summed E-state index contributed by atoms with van der Waals surface area (Å²) in [4.78, 5) is 3.74. The third-order valence-electron chi connectivity index (χ3n) is 2.52. The van der Waals surface area contributed by atoms with Crippen LogP contribution in [0.3, 0.4) is 0 Å². The van der Waals surface area contributed by atoms with Crippen molar-refractivity contribution in [2.75, 3.05) is 6.54 Å². The van der Waals surface area contributed by atoms with E-state index in [2.05, 4.69) is 10.3 Å². The van der Waals surface area contributed by atoms with Gasteiger partial charge in [-0.2, -0.15) is 0 Å². The number of nitrogens with zero attached hydrogens (tertiary/aromatic N) is 1. The van der Waals surface area contributed by atoms with Crippen molar-refractivity contribution in [1.82, 2.24) is 10.3 Å². The first kappa shape index (κ1) is 10.4. The van der Waals surface area contributed by atoms with E-state index < -0.39 is 24.2 Å². The molecule has 1 aromatic rings. The van der Waals surface area contributed by atoms with Crippen LogP contribution in [0.1, 0.15) is 18.2 Å². The van der Waals surface area contributed by atoms with Gasteiger partial charge in [-0.15, -0.1) is 0 Å². The van der Waals surface area contributed by atoms with Crippen LogP contribution >= 0.6 is 0 Å². The molecule has 1 saturated heterocycles. The molecule has 1 aliphatic rings. The highest BCUT2D eigenvalue weighted by Crippen LogP contribution is 2.26. The summed E-state index contributed by atoms with van der Waals surface area (Å²) in [6, 6.07) is 1.80. The number of halogens is 3. The molecule has 5 heteroatoms. The van der Waals surface area contributed by atoms with Crippen LogP contribution in [0.25, 0.3) is 0 Å². The molecule has 82 valence electrons. The molecule has 3 unspecified atom stereocenters. The van der Waals surface area contributed by atoms with E-state index in [-0.39, 0.29) is 6.42 Å². The highest BCUT2D eigenvalue weighted by Gasteiger charge is 2.34. The van der Waals surface area contributed by atoms with E-state index in [0.717, 1.165) is 6.20 Å². The van der Waals surface area contributed by atoms with Crippen LogP contribution in [0.15, 0.2) is 18.3 Å². The second-order valence-corrected chi connectivity index (χ2v) is 3.58. The second kappa shape index (κ2) is 4.18. The quantitative estimate of drug-likeness (QED) is 0.775. The number of hydrogen-bond donors (Lipinski definition) is 1. The normalized spacial score (nSPS) is 31.5. The van der Waals surface area contributed by atoms with Gasteiger partial charge in [0.15, 0.2) is 6.17 Å². The molecule has 0 saturated carbocycles. The average Bonchev–Trinajstić information content (AvgIpc) is 2.24. The van der Waals surface area contributed by atoms with Gasteiger partial charge in [0.1, 0.15) is 12.0 Å². The zero-order valence-electron chi connectivity index (χ0n) is 7.96. The third-order valence-corrected chi connectivity index (χ3v) is 2.52. The Morgan fingerprint density at radius 2 is 2.13 bits per heavy atom. The molecule has 3 atom stereocenters. The monoisotopic (exact) mass is 216 g/mol.